The second kappa shape index (κ2) is 9.89. The van der Waals surface area contributed by atoms with Gasteiger partial charge in [-0.15, -0.1) is 0 Å². The lowest BCUT2D eigenvalue weighted by Crippen LogP contribution is -2.19. The van der Waals surface area contributed by atoms with Crippen LogP contribution < -0.4 is 10.2 Å². The van der Waals surface area contributed by atoms with Gasteiger partial charge in [-0.25, -0.2) is 5.43 Å². The Hall–Kier alpha value is -2.64. The lowest BCUT2D eigenvalue weighted by molar-refractivity contribution is -0.384. The Morgan fingerprint density at radius 1 is 1.26 bits per heavy atom. The highest BCUT2D eigenvalue weighted by Gasteiger charge is 2.08. The van der Waals surface area contributed by atoms with Gasteiger partial charge < -0.3 is 4.74 Å². The molecule has 9 heteroatoms. The Bertz CT molecular complexity index is 871. The summed E-state index contributed by atoms with van der Waals surface area (Å²) in [5.41, 5.74) is 3.42. The number of carbonyl (C=O) groups excluding carboxylic acids is 1. The lowest BCUT2D eigenvalue weighted by Gasteiger charge is -2.08. The summed E-state index contributed by atoms with van der Waals surface area (Å²) in [7, 11) is 0. The molecular weight excluding hydrogens is 393 g/mol. The monoisotopic (exact) mass is 409 g/mol. The number of hydrogen-bond donors (Lipinski definition) is 1. The molecule has 142 valence electrons. The van der Waals surface area contributed by atoms with Gasteiger partial charge in [-0.05, 0) is 31.5 Å². The second-order valence-corrected chi connectivity index (χ2v) is 6.41. The summed E-state index contributed by atoms with van der Waals surface area (Å²) in [6, 6.07) is 10.9. The average Bonchev–Trinajstić information content (AvgIpc) is 2.64. The first-order chi connectivity index (χ1) is 12.9. The minimum absolute atomic E-state index is 0.0358. The standard InChI is InChI=1S/C18H17Cl2N3O4/c1-12(13-4-2-5-15(10-13)23(25)26)21-22-18(24)6-3-9-27-17-8-7-14(19)11-16(17)20/h2,4-5,7-8,10-11H,3,6,9H2,1H3,(H,22,24). The highest BCUT2D eigenvalue weighted by Crippen LogP contribution is 2.27. The normalized spacial score (nSPS) is 11.1. The van der Waals surface area contributed by atoms with Crippen LogP contribution in [-0.2, 0) is 4.79 Å². The number of hydrazone groups is 1. The van der Waals surface area contributed by atoms with E-state index in [1.165, 1.54) is 12.1 Å². The first-order valence-corrected chi connectivity index (χ1v) is 8.78. The number of nitro groups is 1. The number of non-ortho nitro benzene ring substituents is 1. The van der Waals surface area contributed by atoms with Gasteiger partial charge in [0.2, 0.25) is 5.91 Å². The van der Waals surface area contributed by atoms with Crippen molar-refractivity contribution in [3.8, 4) is 5.75 Å². The Balaban J connectivity index is 1.79. The van der Waals surface area contributed by atoms with Crippen LogP contribution in [0.4, 0.5) is 5.69 Å². The SMILES string of the molecule is CC(=NNC(=O)CCCOc1ccc(Cl)cc1Cl)c1cccc([N+](=O)[O-])c1. The molecule has 2 rings (SSSR count). The zero-order chi connectivity index (χ0) is 19.8. The molecule has 27 heavy (non-hydrogen) atoms. The van der Waals surface area contributed by atoms with E-state index in [0.717, 1.165) is 0 Å². The lowest BCUT2D eigenvalue weighted by atomic mass is 10.1. The van der Waals surface area contributed by atoms with Crippen LogP contribution in [0.2, 0.25) is 10.0 Å². The molecule has 0 aliphatic rings. The topological polar surface area (TPSA) is 93.8 Å². The third-order valence-corrected chi connectivity index (χ3v) is 4.05. The number of rotatable bonds is 8. The van der Waals surface area contributed by atoms with Crippen molar-refractivity contribution in [1.29, 1.82) is 0 Å². The third kappa shape index (κ3) is 6.54. The van der Waals surface area contributed by atoms with E-state index in [-0.39, 0.29) is 18.0 Å². The van der Waals surface area contributed by atoms with E-state index in [4.69, 9.17) is 27.9 Å². The molecule has 0 radical (unpaired) electrons. The summed E-state index contributed by atoms with van der Waals surface area (Å²) < 4.78 is 5.50. The van der Waals surface area contributed by atoms with Gasteiger partial charge in [0.1, 0.15) is 5.75 Å². The number of halogens is 2. The van der Waals surface area contributed by atoms with Crippen molar-refractivity contribution in [2.75, 3.05) is 6.61 Å². The number of nitrogens with one attached hydrogen (secondary N) is 1. The summed E-state index contributed by atoms with van der Waals surface area (Å²) in [6.07, 6.45) is 0.674. The van der Waals surface area contributed by atoms with Crippen molar-refractivity contribution in [3.05, 3.63) is 68.2 Å². The summed E-state index contributed by atoms with van der Waals surface area (Å²) in [5.74, 6) is 0.214. The molecule has 7 nitrogen and oxygen atoms in total. The Morgan fingerprint density at radius 2 is 2.04 bits per heavy atom. The molecule has 0 bridgehead atoms. The van der Waals surface area contributed by atoms with Crippen LogP contribution in [0.1, 0.15) is 25.3 Å². The van der Waals surface area contributed by atoms with Crippen molar-refractivity contribution in [2.45, 2.75) is 19.8 Å². The predicted molar refractivity (Wildman–Crippen MR) is 105 cm³/mol. The molecule has 0 saturated carbocycles. The largest absolute Gasteiger partial charge is 0.492 e. The fourth-order valence-electron chi connectivity index (χ4n) is 2.12. The van der Waals surface area contributed by atoms with Gasteiger partial charge in [0.05, 0.1) is 22.3 Å². The first kappa shape index (κ1) is 20.7. The Kier molecular flexibility index (Phi) is 7.57. The molecule has 0 unspecified atom stereocenters. The number of amides is 1. The number of nitro benzene ring substituents is 1. The number of carbonyl (C=O) groups is 1. The van der Waals surface area contributed by atoms with Gasteiger partial charge >= 0.3 is 0 Å². The van der Waals surface area contributed by atoms with E-state index >= 15 is 0 Å². The zero-order valence-electron chi connectivity index (χ0n) is 14.4. The molecule has 0 heterocycles. The van der Waals surface area contributed by atoms with Gasteiger partial charge in [0, 0.05) is 29.1 Å². The molecular formula is C18H17Cl2N3O4. The molecule has 0 aliphatic carbocycles. The van der Waals surface area contributed by atoms with Crippen LogP contribution in [0.5, 0.6) is 5.75 Å². The quantitative estimate of drug-likeness (QED) is 0.298. The number of benzene rings is 2. The van der Waals surface area contributed by atoms with Crippen molar-refractivity contribution >= 4 is 40.5 Å². The van der Waals surface area contributed by atoms with Crippen molar-refractivity contribution in [3.63, 3.8) is 0 Å². The highest BCUT2D eigenvalue weighted by atomic mass is 35.5. The maximum Gasteiger partial charge on any atom is 0.270 e. The average molecular weight is 410 g/mol. The van der Waals surface area contributed by atoms with Crippen LogP contribution in [0.25, 0.3) is 0 Å². The summed E-state index contributed by atoms with van der Waals surface area (Å²) in [6.45, 7) is 1.97. The molecule has 2 aromatic carbocycles. The Morgan fingerprint density at radius 3 is 2.74 bits per heavy atom. The van der Waals surface area contributed by atoms with Crippen molar-refractivity contribution < 1.29 is 14.5 Å². The summed E-state index contributed by atoms with van der Waals surface area (Å²) >= 11 is 11.8. The van der Waals surface area contributed by atoms with E-state index in [2.05, 4.69) is 10.5 Å². The number of ether oxygens (including phenoxy) is 1. The van der Waals surface area contributed by atoms with Crippen LogP contribution in [0.15, 0.2) is 47.6 Å². The van der Waals surface area contributed by atoms with Crippen molar-refractivity contribution in [1.82, 2.24) is 5.43 Å². The molecule has 0 spiro atoms. The molecule has 0 aromatic heterocycles. The maximum atomic E-state index is 11.9. The van der Waals surface area contributed by atoms with Crippen LogP contribution >= 0.6 is 23.2 Å². The fourth-order valence-corrected chi connectivity index (χ4v) is 2.58. The molecule has 0 atom stereocenters. The van der Waals surface area contributed by atoms with Crippen LogP contribution in [0.3, 0.4) is 0 Å². The predicted octanol–water partition coefficient (Wildman–Crippen LogP) is 4.60. The molecule has 1 N–H and O–H groups in total. The minimum Gasteiger partial charge on any atom is -0.492 e. The van der Waals surface area contributed by atoms with E-state index < -0.39 is 4.92 Å². The molecule has 0 aliphatic heterocycles. The zero-order valence-corrected chi connectivity index (χ0v) is 16.0. The van der Waals surface area contributed by atoms with Gasteiger partial charge in [0.25, 0.3) is 5.69 Å². The molecule has 0 fully saturated rings. The van der Waals surface area contributed by atoms with Gasteiger partial charge in [-0.2, -0.15) is 5.10 Å². The van der Waals surface area contributed by atoms with E-state index in [1.54, 1.807) is 37.3 Å². The third-order valence-electron chi connectivity index (χ3n) is 3.52. The number of nitrogens with zero attached hydrogens (tertiary/aromatic N) is 2. The second-order valence-electron chi connectivity index (χ2n) is 5.57. The fraction of sp³-hybridized carbons (Fsp3) is 0.222. The molecule has 2 aromatic rings. The van der Waals surface area contributed by atoms with Crippen molar-refractivity contribution in [2.24, 2.45) is 5.10 Å². The van der Waals surface area contributed by atoms with E-state index in [1.807, 2.05) is 0 Å². The first-order valence-electron chi connectivity index (χ1n) is 8.02. The maximum absolute atomic E-state index is 11.9. The van der Waals surface area contributed by atoms with Gasteiger partial charge in [-0.1, -0.05) is 35.3 Å². The summed E-state index contributed by atoms with van der Waals surface area (Å²) in [4.78, 5) is 22.2. The number of hydrogen-bond acceptors (Lipinski definition) is 5. The Labute approximate surface area is 166 Å². The van der Waals surface area contributed by atoms with Crippen LogP contribution in [0, 0.1) is 10.1 Å². The van der Waals surface area contributed by atoms with Gasteiger partial charge in [0.15, 0.2) is 0 Å². The highest BCUT2D eigenvalue weighted by molar-refractivity contribution is 6.35. The minimum atomic E-state index is -0.484. The smallest absolute Gasteiger partial charge is 0.270 e. The van der Waals surface area contributed by atoms with E-state index in [0.29, 0.717) is 40.1 Å². The van der Waals surface area contributed by atoms with Gasteiger partial charge in [-0.3, -0.25) is 14.9 Å². The van der Waals surface area contributed by atoms with E-state index in [9.17, 15) is 14.9 Å². The van der Waals surface area contributed by atoms with Crippen LogP contribution in [-0.4, -0.2) is 23.1 Å². The molecule has 1 amide bonds. The summed E-state index contributed by atoms with van der Waals surface area (Å²) in [5, 5.41) is 15.7. The molecule has 0 saturated heterocycles.